The van der Waals surface area contributed by atoms with Gasteiger partial charge in [-0.15, -0.1) is 0 Å². The number of rotatable bonds is 9. The van der Waals surface area contributed by atoms with E-state index in [1.807, 2.05) is 68.4 Å². The van der Waals surface area contributed by atoms with Gasteiger partial charge < -0.3 is 14.6 Å². The van der Waals surface area contributed by atoms with Crippen molar-refractivity contribution in [1.29, 1.82) is 0 Å². The van der Waals surface area contributed by atoms with E-state index in [4.69, 9.17) is 9.47 Å². The Morgan fingerprint density at radius 1 is 0.821 bits per heavy atom. The van der Waals surface area contributed by atoms with Crippen LogP contribution in [0.2, 0.25) is 0 Å². The number of amides is 2. The maximum atomic E-state index is 14.0. The molecule has 4 aromatic rings. The number of carbonyl (C=O) groups is 3. The zero-order chi connectivity index (χ0) is 27.7. The van der Waals surface area contributed by atoms with Crippen molar-refractivity contribution in [3.8, 4) is 11.5 Å². The third-order valence-electron chi connectivity index (χ3n) is 6.79. The molecule has 2 amide bonds. The molecule has 1 unspecified atom stereocenters. The summed E-state index contributed by atoms with van der Waals surface area (Å²) >= 11 is 0. The summed E-state index contributed by atoms with van der Waals surface area (Å²) in [5, 5.41) is 10.9. The first-order valence-electron chi connectivity index (χ1n) is 12.9. The number of ether oxygens (including phenoxy) is 2. The summed E-state index contributed by atoms with van der Waals surface area (Å²) < 4.78 is 12.4. The molecule has 0 saturated carbocycles. The van der Waals surface area contributed by atoms with Crippen LogP contribution in [-0.2, 0) is 11.4 Å². The lowest BCUT2D eigenvalue weighted by Crippen LogP contribution is -2.29. The fraction of sp³-hybridized carbons (Fsp3) is 0.219. The van der Waals surface area contributed by atoms with Crippen LogP contribution in [0.25, 0.3) is 10.8 Å². The van der Waals surface area contributed by atoms with Crippen molar-refractivity contribution in [1.82, 2.24) is 0 Å². The normalized spacial score (nSPS) is 13.6. The number of anilines is 1. The molecule has 7 nitrogen and oxygen atoms in total. The van der Waals surface area contributed by atoms with Gasteiger partial charge in [0.05, 0.1) is 28.8 Å². The molecule has 5 rings (SSSR count). The minimum Gasteiger partial charge on any atom is -0.489 e. The quantitative estimate of drug-likeness (QED) is 0.249. The second kappa shape index (κ2) is 10.6. The Hall–Kier alpha value is -4.65. The zero-order valence-corrected chi connectivity index (χ0v) is 22.0. The lowest BCUT2D eigenvalue weighted by Gasteiger charge is -2.19. The molecule has 0 aromatic heterocycles. The highest BCUT2D eigenvalue weighted by atomic mass is 16.5. The third-order valence-corrected chi connectivity index (χ3v) is 6.79. The largest absolute Gasteiger partial charge is 0.489 e. The van der Waals surface area contributed by atoms with Gasteiger partial charge in [0.2, 0.25) is 0 Å². The van der Waals surface area contributed by atoms with Gasteiger partial charge in [0.15, 0.2) is 0 Å². The number of carbonyl (C=O) groups excluding carboxylic acids is 2. The zero-order valence-electron chi connectivity index (χ0n) is 22.0. The van der Waals surface area contributed by atoms with Crippen molar-refractivity contribution < 1.29 is 29.0 Å². The lowest BCUT2D eigenvalue weighted by atomic mass is 9.96. The van der Waals surface area contributed by atoms with Crippen molar-refractivity contribution in [3.63, 3.8) is 0 Å². The Kier molecular flexibility index (Phi) is 7.07. The number of hydrogen-bond donors (Lipinski definition) is 1. The van der Waals surface area contributed by atoms with Crippen molar-refractivity contribution in [2.24, 2.45) is 0 Å². The minimum atomic E-state index is -0.923. The molecule has 1 aliphatic rings. The lowest BCUT2D eigenvalue weighted by molar-refractivity contribution is -0.138. The van der Waals surface area contributed by atoms with E-state index in [0.29, 0.717) is 39.9 Å². The second-order valence-electron chi connectivity index (χ2n) is 9.73. The number of hydrogen-bond acceptors (Lipinski definition) is 5. The van der Waals surface area contributed by atoms with Crippen LogP contribution in [0.1, 0.15) is 65.0 Å². The summed E-state index contributed by atoms with van der Waals surface area (Å²) in [5.41, 5.74) is 2.19. The monoisotopic (exact) mass is 523 g/mol. The van der Waals surface area contributed by atoms with Crippen LogP contribution in [0.4, 0.5) is 5.69 Å². The van der Waals surface area contributed by atoms with Crippen LogP contribution >= 0.6 is 0 Å². The van der Waals surface area contributed by atoms with Crippen LogP contribution in [-0.4, -0.2) is 29.0 Å². The Balaban J connectivity index is 1.65. The van der Waals surface area contributed by atoms with Crippen LogP contribution in [0.3, 0.4) is 0 Å². The molecule has 198 valence electrons. The highest BCUT2D eigenvalue weighted by molar-refractivity contribution is 6.38. The first kappa shape index (κ1) is 26.0. The molecule has 1 N–H and O–H groups in total. The number of benzene rings is 4. The number of imide groups is 1. The standard InChI is InChI=1S/C32H29NO6/c1-4-23(32(36)37)21-14-16-22(17-15-21)33-30(34)26-27(31(33)35)29(39-19(2)3)25-13-9-8-12-24(25)28(26)38-18-20-10-6-5-7-11-20/h5-17,19,23H,4,18H2,1-3H3,(H,36,37). The van der Waals surface area contributed by atoms with Gasteiger partial charge in [-0.25, -0.2) is 4.90 Å². The molecule has 0 saturated heterocycles. The summed E-state index contributed by atoms with van der Waals surface area (Å²) in [7, 11) is 0. The predicted octanol–water partition coefficient (Wildman–Crippen LogP) is 6.58. The number of aliphatic carboxylic acids is 1. The fourth-order valence-corrected chi connectivity index (χ4v) is 4.98. The molecule has 0 bridgehead atoms. The van der Waals surface area contributed by atoms with Crippen molar-refractivity contribution in [3.05, 3.63) is 101 Å². The molecule has 0 spiro atoms. The first-order chi connectivity index (χ1) is 18.8. The van der Waals surface area contributed by atoms with Gasteiger partial charge in [-0.3, -0.25) is 14.4 Å². The van der Waals surface area contributed by atoms with Gasteiger partial charge in [0.25, 0.3) is 11.8 Å². The average Bonchev–Trinajstić information content (AvgIpc) is 3.19. The Morgan fingerprint density at radius 3 is 1.95 bits per heavy atom. The van der Waals surface area contributed by atoms with Gasteiger partial charge in [-0.05, 0) is 43.5 Å². The summed E-state index contributed by atoms with van der Waals surface area (Å²) in [6.07, 6.45) is 0.179. The number of nitrogens with zero attached hydrogens (tertiary/aromatic N) is 1. The molecule has 0 aliphatic carbocycles. The number of carboxylic acids is 1. The molecular weight excluding hydrogens is 494 g/mol. The first-order valence-corrected chi connectivity index (χ1v) is 12.9. The molecule has 1 heterocycles. The van der Waals surface area contributed by atoms with Gasteiger partial charge in [-0.2, -0.15) is 0 Å². The highest BCUT2D eigenvalue weighted by Gasteiger charge is 2.43. The van der Waals surface area contributed by atoms with E-state index < -0.39 is 23.7 Å². The molecular formula is C32H29NO6. The number of carboxylic acid groups (broad SMARTS) is 1. The molecule has 0 fully saturated rings. The predicted molar refractivity (Wildman–Crippen MR) is 149 cm³/mol. The van der Waals surface area contributed by atoms with Gasteiger partial charge in [-0.1, -0.05) is 73.7 Å². The summed E-state index contributed by atoms with van der Waals surface area (Å²) in [6, 6.07) is 23.5. The molecule has 1 aliphatic heterocycles. The van der Waals surface area contributed by atoms with E-state index in [9.17, 15) is 19.5 Å². The Labute approximate surface area is 226 Å². The average molecular weight is 524 g/mol. The highest BCUT2D eigenvalue weighted by Crippen LogP contribution is 2.46. The van der Waals surface area contributed by atoms with Crippen LogP contribution in [0.5, 0.6) is 11.5 Å². The molecule has 39 heavy (non-hydrogen) atoms. The van der Waals surface area contributed by atoms with Crippen LogP contribution < -0.4 is 14.4 Å². The Morgan fingerprint density at radius 2 is 1.38 bits per heavy atom. The maximum absolute atomic E-state index is 14.0. The van der Waals surface area contributed by atoms with E-state index in [2.05, 4.69) is 0 Å². The minimum absolute atomic E-state index is 0.159. The van der Waals surface area contributed by atoms with Crippen molar-refractivity contribution >= 4 is 34.2 Å². The van der Waals surface area contributed by atoms with E-state index in [0.717, 1.165) is 10.5 Å². The fourth-order valence-electron chi connectivity index (χ4n) is 4.98. The van der Waals surface area contributed by atoms with Gasteiger partial charge >= 0.3 is 5.97 Å². The summed E-state index contributed by atoms with van der Waals surface area (Å²) in [5.74, 6) is -1.95. The SMILES string of the molecule is CCC(C(=O)O)c1ccc(N2C(=O)c3c(c(OC(C)C)c4ccccc4c3OCc3ccccc3)C2=O)cc1. The summed E-state index contributed by atoms with van der Waals surface area (Å²) in [4.78, 5) is 40.6. The summed E-state index contributed by atoms with van der Waals surface area (Å²) in [6.45, 7) is 5.75. The third kappa shape index (κ3) is 4.72. The van der Waals surface area contributed by atoms with Crippen LogP contribution in [0.15, 0.2) is 78.9 Å². The molecule has 0 radical (unpaired) electrons. The van der Waals surface area contributed by atoms with E-state index in [-0.39, 0.29) is 23.8 Å². The smallest absolute Gasteiger partial charge is 0.310 e. The second-order valence-corrected chi connectivity index (χ2v) is 9.73. The molecule has 4 aromatic carbocycles. The topological polar surface area (TPSA) is 93.1 Å². The van der Waals surface area contributed by atoms with Gasteiger partial charge in [0.1, 0.15) is 18.1 Å². The molecule has 7 heteroatoms. The van der Waals surface area contributed by atoms with Crippen molar-refractivity contribution in [2.45, 2.75) is 45.8 Å². The van der Waals surface area contributed by atoms with Gasteiger partial charge in [0, 0.05) is 10.8 Å². The van der Waals surface area contributed by atoms with E-state index in [1.165, 1.54) is 0 Å². The van der Waals surface area contributed by atoms with E-state index in [1.54, 1.807) is 31.2 Å². The van der Waals surface area contributed by atoms with Crippen molar-refractivity contribution in [2.75, 3.05) is 4.90 Å². The number of fused-ring (bicyclic) bond motifs is 2. The maximum Gasteiger partial charge on any atom is 0.310 e. The Bertz CT molecular complexity index is 1560. The van der Waals surface area contributed by atoms with E-state index >= 15 is 0 Å². The molecule has 1 atom stereocenters. The van der Waals surface area contributed by atoms with Crippen LogP contribution in [0, 0.1) is 0 Å².